The minimum atomic E-state index is 0.122. The summed E-state index contributed by atoms with van der Waals surface area (Å²) in [5, 5.41) is 0. The molecular formula is C21H35N5O3. The van der Waals surface area contributed by atoms with Gasteiger partial charge in [0.05, 0.1) is 55.8 Å². The van der Waals surface area contributed by atoms with Crippen LogP contribution in [0.2, 0.25) is 0 Å². The van der Waals surface area contributed by atoms with E-state index in [1.165, 1.54) is 0 Å². The monoisotopic (exact) mass is 405 g/mol. The number of methoxy groups -OCH3 is 1. The molecule has 8 nitrogen and oxygen atoms in total. The smallest absolute Gasteiger partial charge is 0.132 e. The maximum Gasteiger partial charge on any atom is 0.132 e. The van der Waals surface area contributed by atoms with Gasteiger partial charge in [-0.15, -0.1) is 0 Å². The van der Waals surface area contributed by atoms with Gasteiger partial charge in [0, 0.05) is 25.1 Å². The molecule has 4 unspecified atom stereocenters. The molecule has 3 heterocycles. The fraction of sp³-hybridized carbons (Fsp3) is 0.810. The first-order chi connectivity index (χ1) is 14.1. The van der Waals surface area contributed by atoms with E-state index in [4.69, 9.17) is 14.2 Å². The van der Waals surface area contributed by atoms with Crippen LogP contribution in [-0.4, -0.2) is 67.2 Å². The van der Waals surface area contributed by atoms with Crippen LogP contribution in [-0.2, 0) is 14.2 Å². The highest BCUT2D eigenvalue weighted by molar-refractivity contribution is 5.43. The second-order valence-electron chi connectivity index (χ2n) is 8.82. The number of hydrogen-bond acceptors (Lipinski definition) is 8. The zero-order valence-corrected chi connectivity index (χ0v) is 18.0. The number of anilines is 1. The van der Waals surface area contributed by atoms with E-state index in [-0.39, 0.29) is 18.2 Å². The SMILES string of the molecule is COC[C@H](C)OC1CCC2NNC(c3cc(N4[C@H](C)COC[C@@H]4C)ncn3)C2C1. The maximum absolute atomic E-state index is 6.24. The quantitative estimate of drug-likeness (QED) is 0.742. The predicted octanol–water partition coefficient (Wildman–Crippen LogP) is 1.83. The highest BCUT2D eigenvalue weighted by Crippen LogP contribution is 2.39. The standard InChI is InChI=1S/C21H35N5O3/c1-13-9-28-10-14(2)26(13)20-8-19(22-12-23-20)21-17-7-16(29-15(3)11-27-4)5-6-18(17)24-25-21/h8,12-18,21,24-25H,5-7,9-11H2,1-4H3/t13-,14+,15-,16?,17?,18?,21?/m0/s1. The van der Waals surface area contributed by atoms with Gasteiger partial charge in [-0.05, 0) is 40.0 Å². The Balaban J connectivity index is 1.48. The third-order valence-corrected chi connectivity index (χ3v) is 6.45. The minimum absolute atomic E-state index is 0.122. The number of hydrazine groups is 1. The molecule has 0 amide bonds. The lowest BCUT2D eigenvalue weighted by Gasteiger charge is -2.40. The number of ether oxygens (including phenoxy) is 3. The van der Waals surface area contributed by atoms with Gasteiger partial charge in [0.2, 0.25) is 0 Å². The van der Waals surface area contributed by atoms with Gasteiger partial charge in [0.1, 0.15) is 12.1 Å². The lowest BCUT2D eigenvalue weighted by molar-refractivity contribution is -0.0623. The van der Waals surface area contributed by atoms with Crippen LogP contribution in [0.1, 0.15) is 51.8 Å². The van der Waals surface area contributed by atoms with E-state index >= 15 is 0 Å². The Labute approximate surface area is 173 Å². The van der Waals surface area contributed by atoms with Gasteiger partial charge in [-0.1, -0.05) is 0 Å². The van der Waals surface area contributed by atoms with Crippen LogP contribution >= 0.6 is 0 Å². The lowest BCUT2D eigenvalue weighted by atomic mass is 9.79. The van der Waals surface area contributed by atoms with Gasteiger partial charge >= 0.3 is 0 Å². The second kappa shape index (κ2) is 9.22. The number of hydrogen-bond donors (Lipinski definition) is 2. The van der Waals surface area contributed by atoms with E-state index in [2.05, 4.69) is 52.6 Å². The number of nitrogens with one attached hydrogen (secondary N) is 2. The van der Waals surface area contributed by atoms with Gasteiger partial charge < -0.3 is 19.1 Å². The van der Waals surface area contributed by atoms with Crippen LogP contribution in [0.25, 0.3) is 0 Å². The van der Waals surface area contributed by atoms with Crippen LogP contribution in [0, 0.1) is 5.92 Å². The second-order valence-corrected chi connectivity index (χ2v) is 8.82. The first-order valence-electron chi connectivity index (χ1n) is 10.9. The van der Waals surface area contributed by atoms with E-state index in [0.29, 0.717) is 30.7 Å². The normalized spacial score (nSPS) is 36.1. The average Bonchev–Trinajstić information content (AvgIpc) is 3.11. The lowest BCUT2D eigenvalue weighted by Crippen LogP contribution is -2.50. The summed E-state index contributed by atoms with van der Waals surface area (Å²) in [5.74, 6) is 1.44. The molecule has 7 atom stereocenters. The van der Waals surface area contributed by atoms with Crippen molar-refractivity contribution in [1.29, 1.82) is 0 Å². The molecule has 0 spiro atoms. The highest BCUT2D eigenvalue weighted by Gasteiger charge is 2.42. The molecule has 8 heteroatoms. The summed E-state index contributed by atoms with van der Waals surface area (Å²) < 4.78 is 17.1. The Morgan fingerprint density at radius 2 is 2.00 bits per heavy atom. The van der Waals surface area contributed by atoms with Crippen molar-refractivity contribution in [2.24, 2.45) is 5.92 Å². The molecule has 1 saturated carbocycles. The fourth-order valence-corrected chi connectivity index (χ4v) is 5.16. The Hall–Kier alpha value is -1.32. The van der Waals surface area contributed by atoms with E-state index in [0.717, 1.165) is 44.0 Å². The van der Waals surface area contributed by atoms with Crippen LogP contribution in [0.4, 0.5) is 5.82 Å². The maximum atomic E-state index is 6.24. The Bertz CT molecular complexity index is 667. The number of morpholine rings is 1. The molecule has 2 N–H and O–H groups in total. The largest absolute Gasteiger partial charge is 0.382 e. The molecule has 29 heavy (non-hydrogen) atoms. The zero-order chi connectivity index (χ0) is 20.4. The van der Waals surface area contributed by atoms with Crippen molar-refractivity contribution in [2.75, 3.05) is 31.8 Å². The zero-order valence-electron chi connectivity index (χ0n) is 18.0. The van der Waals surface area contributed by atoms with Crippen molar-refractivity contribution in [1.82, 2.24) is 20.8 Å². The first kappa shape index (κ1) is 20.9. The van der Waals surface area contributed by atoms with Crippen molar-refractivity contribution in [3.05, 3.63) is 18.1 Å². The highest BCUT2D eigenvalue weighted by atomic mass is 16.5. The number of aromatic nitrogens is 2. The molecule has 1 aromatic heterocycles. The Morgan fingerprint density at radius 3 is 2.76 bits per heavy atom. The van der Waals surface area contributed by atoms with Gasteiger partial charge in [-0.2, -0.15) is 0 Å². The summed E-state index contributed by atoms with van der Waals surface area (Å²) in [6, 6.07) is 3.38. The van der Waals surface area contributed by atoms with Crippen molar-refractivity contribution in [3.63, 3.8) is 0 Å². The molecule has 1 aromatic rings. The third-order valence-electron chi connectivity index (χ3n) is 6.45. The van der Waals surface area contributed by atoms with Crippen LogP contribution in [0.3, 0.4) is 0 Å². The summed E-state index contributed by atoms with van der Waals surface area (Å²) in [6.45, 7) is 8.56. The summed E-state index contributed by atoms with van der Waals surface area (Å²) in [7, 11) is 1.72. The average molecular weight is 406 g/mol. The van der Waals surface area contributed by atoms with Gasteiger partial charge in [-0.3, -0.25) is 5.43 Å². The molecule has 2 saturated heterocycles. The van der Waals surface area contributed by atoms with E-state index in [1.807, 2.05) is 0 Å². The number of fused-ring (bicyclic) bond motifs is 1. The predicted molar refractivity (Wildman–Crippen MR) is 111 cm³/mol. The minimum Gasteiger partial charge on any atom is -0.382 e. The van der Waals surface area contributed by atoms with Gasteiger partial charge in [0.15, 0.2) is 0 Å². The van der Waals surface area contributed by atoms with Gasteiger partial charge in [-0.25, -0.2) is 15.4 Å². The molecular weight excluding hydrogens is 370 g/mol. The number of nitrogens with zero attached hydrogens (tertiary/aromatic N) is 3. The van der Waals surface area contributed by atoms with E-state index in [9.17, 15) is 0 Å². The molecule has 0 bridgehead atoms. The van der Waals surface area contributed by atoms with Crippen LogP contribution in [0.5, 0.6) is 0 Å². The topological polar surface area (TPSA) is 80.8 Å². The van der Waals surface area contributed by atoms with Crippen molar-refractivity contribution < 1.29 is 14.2 Å². The van der Waals surface area contributed by atoms with E-state index < -0.39 is 0 Å². The van der Waals surface area contributed by atoms with Crippen LogP contribution < -0.4 is 15.8 Å². The molecule has 162 valence electrons. The third kappa shape index (κ3) is 4.56. The molecule has 3 fully saturated rings. The Morgan fingerprint density at radius 1 is 1.21 bits per heavy atom. The molecule has 1 aliphatic carbocycles. The van der Waals surface area contributed by atoms with Crippen molar-refractivity contribution in [2.45, 2.75) is 76.4 Å². The molecule has 3 aliphatic rings. The number of rotatable bonds is 6. The molecule has 2 aliphatic heterocycles. The Kier molecular flexibility index (Phi) is 6.66. The summed E-state index contributed by atoms with van der Waals surface area (Å²) in [4.78, 5) is 11.6. The van der Waals surface area contributed by atoms with Crippen molar-refractivity contribution in [3.8, 4) is 0 Å². The first-order valence-corrected chi connectivity index (χ1v) is 10.9. The van der Waals surface area contributed by atoms with E-state index in [1.54, 1.807) is 13.4 Å². The van der Waals surface area contributed by atoms with Crippen molar-refractivity contribution >= 4 is 5.82 Å². The summed E-state index contributed by atoms with van der Waals surface area (Å²) in [6.07, 6.45) is 5.30. The summed E-state index contributed by atoms with van der Waals surface area (Å²) in [5.41, 5.74) is 8.05. The molecule has 0 radical (unpaired) electrons. The molecule has 0 aromatic carbocycles. The van der Waals surface area contributed by atoms with Gasteiger partial charge in [0.25, 0.3) is 0 Å². The van der Waals surface area contributed by atoms with Crippen LogP contribution in [0.15, 0.2) is 12.4 Å². The fourth-order valence-electron chi connectivity index (χ4n) is 5.16. The molecule has 4 rings (SSSR count). The summed E-state index contributed by atoms with van der Waals surface area (Å²) >= 11 is 0.